The molecule has 1 heteroatoms. The van der Waals surface area contributed by atoms with E-state index in [-0.39, 0.29) is 5.92 Å². The number of aromatic nitrogens is 1. The van der Waals surface area contributed by atoms with Gasteiger partial charge in [0.05, 0.1) is 0 Å². The Hall–Kier alpha value is -3.84. The summed E-state index contributed by atoms with van der Waals surface area (Å²) in [6, 6.07) is 38.7. The highest BCUT2D eigenvalue weighted by Crippen LogP contribution is 2.33. The second-order valence-corrected chi connectivity index (χ2v) is 7.94. The van der Waals surface area contributed by atoms with Gasteiger partial charge in [0.1, 0.15) is 0 Å². The molecule has 0 aliphatic rings. The number of hydrogen-bond donors (Lipinski definition) is 1. The molecule has 5 rings (SSSR count). The number of hydrogen-bond acceptors (Lipinski definition) is 0. The minimum absolute atomic E-state index is 0.190. The van der Waals surface area contributed by atoms with E-state index < -0.39 is 0 Å². The fourth-order valence-corrected chi connectivity index (χ4v) is 4.22. The zero-order chi connectivity index (χ0) is 20.9. The molecule has 0 amide bonds. The summed E-state index contributed by atoms with van der Waals surface area (Å²) in [6.45, 7) is 0. The maximum absolute atomic E-state index is 3.53. The third kappa shape index (κ3) is 4.36. The Balaban J connectivity index is 1.51. The average Bonchev–Trinajstić information content (AvgIpc) is 3.24. The molecule has 4 aromatic carbocycles. The minimum atomic E-state index is 0.190. The Bertz CT molecular complexity index is 1280. The first-order valence-corrected chi connectivity index (χ1v) is 10.8. The van der Waals surface area contributed by atoms with E-state index in [9.17, 15) is 0 Å². The van der Waals surface area contributed by atoms with Crippen molar-refractivity contribution >= 4 is 17.0 Å². The highest BCUT2D eigenvalue weighted by atomic mass is 14.7. The Morgan fingerprint density at radius 3 is 2.10 bits per heavy atom. The lowest BCUT2D eigenvalue weighted by Crippen LogP contribution is -1.97. The van der Waals surface area contributed by atoms with Gasteiger partial charge in [-0.1, -0.05) is 115 Å². The molecule has 150 valence electrons. The van der Waals surface area contributed by atoms with E-state index in [1.165, 1.54) is 38.7 Å². The Morgan fingerprint density at radius 1 is 0.677 bits per heavy atom. The van der Waals surface area contributed by atoms with E-state index in [2.05, 4.69) is 133 Å². The quantitative estimate of drug-likeness (QED) is 0.302. The van der Waals surface area contributed by atoms with Crippen molar-refractivity contribution < 1.29 is 0 Å². The molecular weight excluding hydrogens is 374 g/mol. The topological polar surface area (TPSA) is 15.8 Å². The normalized spacial score (nSPS) is 12.4. The third-order valence-electron chi connectivity index (χ3n) is 5.80. The summed E-state index contributed by atoms with van der Waals surface area (Å²) in [6.07, 6.45) is 7.65. The lowest BCUT2D eigenvalue weighted by atomic mass is 9.89. The molecule has 0 bridgehead atoms. The molecule has 1 unspecified atom stereocenters. The van der Waals surface area contributed by atoms with Gasteiger partial charge in [0.2, 0.25) is 0 Å². The maximum Gasteiger partial charge on any atom is 0.0460 e. The summed E-state index contributed by atoms with van der Waals surface area (Å²) in [5.74, 6) is 0.190. The van der Waals surface area contributed by atoms with E-state index in [1.54, 1.807) is 0 Å². The van der Waals surface area contributed by atoms with E-state index >= 15 is 0 Å². The van der Waals surface area contributed by atoms with Crippen LogP contribution in [0, 0.1) is 0 Å². The molecule has 0 radical (unpaired) electrons. The van der Waals surface area contributed by atoms with Crippen LogP contribution >= 0.6 is 0 Å². The van der Waals surface area contributed by atoms with Crippen LogP contribution in [0.2, 0.25) is 0 Å². The summed E-state index contributed by atoms with van der Waals surface area (Å²) in [5.41, 5.74) is 7.67. The zero-order valence-electron chi connectivity index (χ0n) is 17.4. The highest BCUT2D eigenvalue weighted by Gasteiger charge is 2.15. The number of benzene rings is 4. The number of rotatable bonds is 6. The molecule has 1 aromatic heterocycles. The van der Waals surface area contributed by atoms with Crippen molar-refractivity contribution in [2.45, 2.75) is 12.3 Å². The minimum Gasteiger partial charge on any atom is -0.361 e. The molecule has 0 spiro atoms. The Morgan fingerprint density at radius 2 is 1.35 bits per heavy atom. The summed E-state index contributed by atoms with van der Waals surface area (Å²) in [4.78, 5) is 3.53. The number of allylic oxidation sites excluding steroid dienone is 1. The number of H-pyrrole nitrogens is 1. The molecular formula is C30H25N. The Kier molecular flexibility index (Phi) is 5.49. The fraction of sp³-hybridized carbons (Fsp3) is 0.0667. The van der Waals surface area contributed by atoms with Crippen LogP contribution in [0.3, 0.4) is 0 Å². The summed E-state index contributed by atoms with van der Waals surface area (Å²) >= 11 is 0. The number of aromatic amines is 1. The molecule has 0 saturated heterocycles. The molecule has 5 aromatic rings. The van der Waals surface area contributed by atoms with E-state index in [4.69, 9.17) is 0 Å². The maximum atomic E-state index is 3.53. The van der Waals surface area contributed by atoms with E-state index in [0.29, 0.717) is 0 Å². The standard InChI is InChI=1S/C30H25N/c1-4-10-23(11-5-1)16-18-27(26-14-8-3-9-15-26)29-22-31-30-21-25(17-19-28(29)30)20-24-12-6-2-7-13-24/h1-19,21-22,27,31H,20H2/b18-16+. The van der Waals surface area contributed by atoms with Gasteiger partial charge in [0.15, 0.2) is 0 Å². The predicted octanol–water partition coefficient (Wildman–Crippen LogP) is 7.60. The van der Waals surface area contributed by atoms with Crippen molar-refractivity contribution in [1.29, 1.82) is 0 Å². The molecule has 1 heterocycles. The van der Waals surface area contributed by atoms with Gasteiger partial charge in [-0.15, -0.1) is 0 Å². The lowest BCUT2D eigenvalue weighted by Gasteiger charge is -2.13. The van der Waals surface area contributed by atoms with Gasteiger partial charge in [-0.3, -0.25) is 0 Å². The molecule has 0 fully saturated rings. The molecule has 0 aliphatic heterocycles. The number of fused-ring (bicyclic) bond motifs is 1. The van der Waals surface area contributed by atoms with Crippen molar-refractivity contribution in [3.8, 4) is 0 Å². The summed E-state index contributed by atoms with van der Waals surface area (Å²) in [5, 5.41) is 1.28. The highest BCUT2D eigenvalue weighted by molar-refractivity contribution is 5.85. The summed E-state index contributed by atoms with van der Waals surface area (Å²) in [7, 11) is 0. The molecule has 0 saturated carbocycles. The molecule has 1 nitrogen and oxygen atoms in total. The lowest BCUT2D eigenvalue weighted by molar-refractivity contribution is 1.04. The zero-order valence-corrected chi connectivity index (χ0v) is 17.4. The molecule has 1 atom stereocenters. The van der Waals surface area contributed by atoms with Crippen molar-refractivity contribution in [2.24, 2.45) is 0 Å². The van der Waals surface area contributed by atoms with Crippen LogP contribution in [0.4, 0.5) is 0 Å². The van der Waals surface area contributed by atoms with Gasteiger partial charge in [-0.05, 0) is 40.3 Å². The first-order chi connectivity index (χ1) is 15.4. The Labute approximate surface area is 183 Å². The first kappa shape index (κ1) is 19.1. The van der Waals surface area contributed by atoms with E-state index in [0.717, 1.165) is 6.42 Å². The fourth-order valence-electron chi connectivity index (χ4n) is 4.22. The van der Waals surface area contributed by atoms with Gasteiger partial charge in [-0.2, -0.15) is 0 Å². The SMILES string of the molecule is C(=C\C(c1ccccc1)c1c[nH]c2cc(Cc3ccccc3)ccc12)/c1ccccc1. The molecule has 31 heavy (non-hydrogen) atoms. The number of nitrogens with one attached hydrogen (secondary N) is 1. The van der Waals surface area contributed by atoms with Crippen LogP contribution in [0.5, 0.6) is 0 Å². The monoisotopic (exact) mass is 399 g/mol. The second kappa shape index (κ2) is 8.89. The predicted molar refractivity (Wildman–Crippen MR) is 131 cm³/mol. The third-order valence-corrected chi connectivity index (χ3v) is 5.80. The summed E-state index contributed by atoms with van der Waals surface area (Å²) < 4.78 is 0. The van der Waals surface area contributed by atoms with Crippen LogP contribution in [0.25, 0.3) is 17.0 Å². The van der Waals surface area contributed by atoms with Crippen molar-refractivity contribution in [1.82, 2.24) is 4.98 Å². The second-order valence-electron chi connectivity index (χ2n) is 7.94. The van der Waals surface area contributed by atoms with Gasteiger partial charge < -0.3 is 4.98 Å². The van der Waals surface area contributed by atoms with Gasteiger partial charge in [0.25, 0.3) is 0 Å². The van der Waals surface area contributed by atoms with Crippen LogP contribution in [0.1, 0.15) is 33.7 Å². The van der Waals surface area contributed by atoms with Crippen LogP contribution in [-0.4, -0.2) is 4.98 Å². The van der Waals surface area contributed by atoms with Crippen LogP contribution < -0.4 is 0 Å². The average molecular weight is 400 g/mol. The van der Waals surface area contributed by atoms with Gasteiger partial charge in [-0.25, -0.2) is 0 Å². The van der Waals surface area contributed by atoms with Crippen LogP contribution in [-0.2, 0) is 6.42 Å². The van der Waals surface area contributed by atoms with Gasteiger partial charge in [0, 0.05) is 23.0 Å². The van der Waals surface area contributed by atoms with E-state index in [1.807, 2.05) is 0 Å². The van der Waals surface area contributed by atoms with Crippen LogP contribution in [0.15, 0.2) is 121 Å². The largest absolute Gasteiger partial charge is 0.361 e. The smallest absolute Gasteiger partial charge is 0.0460 e. The van der Waals surface area contributed by atoms with Crippen molar-refractivity contribution in [3.63, 3.8) is 0 Å². The molecule has 1 N–H and O–H groups in total. The van der Waals surface area contributed by atoms with Gasteiger partial charge >= 0.3 is 0 Å². The van der Waals surface area contributed by atoms with Crippen molar-refractivity contribution in [2.75, 3.05) is 0 Å². The first-order valence-electron chi connectivity index (χ1n) is 10.8. The van der Waals surface area contributed by atoms with Crippen molar-refractivity contribution in [3.05, 3.63) is 149 Å². The molecule has 0 aliphatic carbocycles.